The van der Waals surface area contributed by atoms with Crippen molar-refractivity contribution < 1.29 is 23.1 Å². The molecule has 0 saturated heterocycles. The molecule has 21 heavy (non-hydrogen) atoms. The predicted molar refractivity (Wildman–Crippen MR) is 73.5 cm³/mol. The predicted octanol–water partition coefficient (Wildman–Crippen LogP) is 0.430. The highest BCUT2D eigenvalue weighted by Gasteiger charge is 2.36. The molecule has 1 aromatic rings. The third kappa shape index (κ3) is 3.05. The molecule has 112 valence electrons. The molecular weight excluding hydrogens is 296 g/mol. The van der Waals surface area contributed by atoms with Crippen LogP contribution in [0.3, 0.4) is 0 Å². The second-order valence-corrected chi connectivity index (χ2v) is 6.43. The molecule has 0 aliphatic carbocycles. The minimum Gasteiger partial charge on any atom is -0.481 e. The van der Waals surface area contributed by atoms with Crippen LogP contribution in [0.15, 0.2) is 41.6 Å². The number of benzene rings is 1. The number of nitrogens with one attached hydrogen (secondary N) is 1. The number of hydrogen-bond donors (Lipinski definition) is 2. The van der Waals surface area contributed by atoms with Gasteiger partial charge >= 0.3 is 5.97 Å². The summed E-state index contributed by atoms with van der Waals surface area (Å²) in [7, 11) is -3.98. The Labute approximate surface area is 121 Å². The number of aliphatic carboxylic acids is 1. The van der Waals surface area contributed by atoms with E-state index in [0.29, 0.717) is 0 Å². The normalized spacial score (nSPS) is 18.4. The lowest BCUT2D eigenvalue weighted by Crippen LogP contribution is -2.49. The van der Waals surface area contributed by atoms with E-state index in [0.717, 1.165) is 16.1 Å². The van der Waals surface area contributed by atoms with E-state index in [1.54, 1.807) is 12.1 Å². The summed E-state index contributed by atoms with van der Waals surface area (Å²) in [5.41, 5.74) is 0.892. The molecule has 0 radical (unpaired) electrons. The van der Waals surface area contributed by atoms with Crippen LogP contribution in [0.1, 0.15) is 12.0 Å². The first-order valence-corrected chi connectivity index (χ1v) is 7.55. The van der Waals surface area contributed by atoms with Gasteiger partial charge in [-0.3, -0.25) is 13.9 Å². The average molecular weight is 310 g/mol. The summed E-state index contributed by atoms with van der Waals surface area (Å²) < 4.78 is 25.9. The van der Waals surface area contributed by atoms with E-state index in [2.05, 4.69) is 5.32 Å². The van der Waals surface area contributed by atoms with Crippen molar-refractivity contribution in [2.75, 3.05) is 0 Å². The van der Waals surface area contributed by atoms with Gasteiger partial charge in [-0.05, 0) is 19.1 Å². The average Bonchev–Trinajstić information content (AvgIpc) is 2.41. The van der Waals surface area contributed by atoms with E-state index in [4.69, 9.17) is 5.11 Å². The van der Waals surface area contributed by atoms with Gasteiger partial charge in [0.15, 0.2) is 0 Å². The van der Waals surface area contributed by atoms with Crippen molar-refractivity contribution in [1.82, 2.24) is 9.62 Å². The van der Waals surface area contributed by atoms with Crippen LogP contribution in [-0.2, 0) is 19.6 Å². The summed E-state index contributed by atoms with van der Waals surface area (Å²) in [6, 6.07) is 4.80. The lowest BCUT2D eigenvalue weighted by atomic mass is 10.2. The van der Waals surface area contributed by atoms with E-state index in [-0.39, 0.29) is 4.90 Å². The summed E-state index contributed by atoms with van der Waals surface area (Å²) in [4.78, 5) is 22.6. The van der Waals surface area contributed by atoms with E-state index in [9.17, 15) is 18.0 Å². The molecule has 8 heteroatoms. The highest BCUT2D eigenvalue weighted by Crippen LogP contribution is 2.22. The molecule has 0 saturated carbocycles. The molecule has 2 rings (SSSR count). The van der Waals surface area contributed by atoms with E-state index in [1.807, 2.05) is 6.92 Å². The molecule has 1 heterocycles. The van der Waals surface area contributed by atoms with Crippen molar-refractivity contribution in [2.45, 2.75) is 24.3 Å². The van der Waals surface area contributed by atoms with Crippen LogP contribution < -0.4 is 5.32 Å². The molecular formula is C13H14N2O5S. The molecule has 7 nitrogen and oxygen atoms in total. The van der Waals surface area contributed by atoms with Crippen LogP contribution in [0.5, 0.6) is 0 Å². The van der Waals surface area contributed by atoms with Gasteiger partial charge in [0.2, 0.25) is 5.91 Å². The molecule has 2 N–H and O–H groups in total. The number of nitrogens with zero attached hydrogens (tertiary/aromatic N) is 1. The van der Waals surface area contributed by atoms with Crippen molar-refractivity contribution in [1.29, 1.82) is 0 Å². The quantitative estimate of drug-likeness (QED) is 0.839. The minimum absolute atomic E-state index is 0.00263. The molecule has 1 atom stereocenters. The first kappa shape index (κ1) is 15.0. The second-order valence-electron chi connectivity index (χ2n) is 4.59. The Hall–Kier alpha value is -2.35. The highest BCUT2D eigenvalue weighted by molar-refractivity contribution is 7.89. The van der Waals surface area contributed by atoms with Crippen molar-refractivity contribution in [2.24, 2.45) is 0 Å². The summed E-state index contributed by atoms with van der Waals surface area (Å²) in [5.74, 6) is -1.93. The fraction of sp³-hybridized carbons (Fsp3) is 0.231. The standard InChI is InChI=1S/C13H14N2O5S/c1-9-2-4-10(5-3-9)21(19,20)15-7-6-14-13(18)11(15)8-12(16)17/h2-7,11H,8H2,1H3,(H,14,18)(H,16,17)/t11-/m1/s1. The Morgan fingerprint density at radius 3 is 2.52 bits per heavy atom. The number of sulfonamides is 1. The monoisotopic (exact) mass is 310 g/mol. The Morgan fingerprint density at radius 2 is 1.95 bits per heavy atom. The molecule has 1 aliphatic heterocycles. The maximum absolute atomic E-state index is 12.5. The molecule has 1 amide bonds. The highest BCUT2D eigenvalue weighted by atomic mass is 32.2. The van der Waals surface area contributed by atoms with E-state index >= 15 is 0 Å². The van der Waals surface area contributed by atoms with Crippen LogP contribution in [0.4, 0.5) is 0 Å². The number of carbonyl (C=O) groups is 2. The van der Waals surface area contributed by atoms with Crippen LogP contribution in [0.25, 0.3) is 0 Å². The fourth-order valence-electron chi connectivity index (χ4n) is 1.94. The van der Waals surface area contributed by atoms with Crippen LogP contribution in [0, 0.1) is 6.92 Å². The van der Waals surface area contributed by atoms with Crippen LogP contribution in [0.2, 0.25) is 0 Å². The van der Waals surface area contributed by atoms with Gasteiger partial charge in [0, 0.05) is 12.4 Å². The Bertz CT molecular complexity index is 694. The first-order chi connectivity index (χ1) is 9.82. The number of carbonyl (C=O) groups excluding carboxylic acids is 1. The Kier molecular flexibility index (Phi) is 3.99. The zero-order valence-electron chi connectivity index (χ0n) is 11.2. The summed E-state index contributed by atoms with van der Waals surface area (Å²) in [5, 5.41) is 11.2. The van der Waals surface area contributed by atoms with Gasteiger partial charge in [0.05, 0.1) is 11.3 Å². The van der Waals surface area contributed by atoms with Crippen molar-refractivity contribution in [3.05, 3.63) is 42.2 Å². The van der Waals surface area contributed by atoms with Crippen molar-refractivity contribution >= 4 is 21.9 Å². The number of aryl methyl sites for hydroxylation is 1. The number of hydrogen-bond acceptors (Lipinski definition) is 4. The number of amides is 1. The van der Waals surface area contributed by atoms with Crippen molar-refractivity contribution in [3.63, 3.8) is 0 Å². The maximum atomic E-state index is 12.5. The Balaban J connectivity index is 2.43. The maximum Gasteiger partial charge on any atom is 0.306 e. The van der Waals surface area contributed by atoms with E-state index < -0.39 is 34.4 Å². The molecule has 1 aliphatic rings. The largest absolute Gasteiger partial charge is 0.481 e. The first-order valence-electron chi connectivity index (χ1n) is 6.11. The fourth-order valence-corrected chi connectivity index (χ4v) is 3.39. The van der Waals surface area contributed by atoms with Gasteiger partial charge in [-0.15, -0.1) is 0 Å². The van der Waals surface area contributed by atoms with E-state index in [1.165, 1.54) is 18.3 Å². The second kappa shape index (κ2) is 5.57. The molecule has 0 unspecified atom stereocenters. The Morgan fingerprint density at radius 1 is 1.33 bits per heavy atom. The molecule has 0 spiro atoms. The van der Waals surface area contributed by atoms with Crippen molar-refractivity contribution in [3.8, 4) is 0 Å². The molecule has 1 aromatic carbocycles. The summed E-state index contributed by atoms with van der Waals surface area (Å²) >= 11 is 0. The van der Waals surface area contributed by atoms with Gasteiger partial charge in [0.1, 0.15) is 6.04 Å². The van der Waals surface area contributed by atoms with Gasteiger partial charge < -0.3 is 10.4 Å². The third-order valence-electron chi connectivity index (χ3n) is 3.02. The topological polar surface area (TPSA) is 104 Å². The zero-order valence-corrected chi connectivity index (χ0v) is 12.0. The van der Waals surface area contributed by atoms with Gasteiger partial charge in [-0.1, -0.05) is 17.7 Å². The molecule has 0 fully saturated rings. The van der Waals surface area contributed by atoms with Gasteiger partial charge in [0.25, 0.3) is 10.0 Å². The molecule has 0 aromatic heterocycles. The third-order valence-corrected chi connectivity index (χ3v) is 4.82. The lowest BCUT2D eigenvalue weighted by Gasteiger charge is -2.30. The molecule has 0 bridgehead atoms. The van der Waals surface area contributed by atoms with Gasteiger partial charge in [-0.2, -0.15) is 0 Å². The number of carboxylic acid groups (broad SMARTS) is 1. The number of rotatable bonds is 4. The SMILES string of the molecule is Cc1ccc(S(=O)(=O)N2C=CNC(=O)[C@H]2CC(=O)O)cc1. The minimum atomic E-state index is -3.98. The van der Waals surface area contributed by atoms with Gasteiger partial charge in [-0.25, -0.2) is 8.42 Å². The summed E-state index contributed by atoms with van der Waals surface area (Å²) in [6.45, 7) is 1.82. The summed E-state index contributed by atoms with van der Waals surface area (Å²) in [6.07, 6.45) is 1.72. The zero-order chi connectivity index (χ0) is 15.6. The van der Waals surface area contributed by atoms with Crippen LogP contribution in [-0.4, -0.2) is 35.7 Å². The number of carboxylic acids is 1. The van der Waals surface area contributed by atoms with Crippen LogP contribution >= 0.6 is 0 Å². The lowest BCUT2D eigenvalue weighted by molar-refractivity contribution is -0.140. The smallest absolute Gasteiger partial charge is 0.306 e.